The Labute approximate surface area is 113 Å². The molecule has 1 N–H and O–H groups in total. The zero-order valence-electron chi connectivity index (χ0n) is 10.3. The van der Waals surface area contributed by atoms with E-state index in [0.29, 0.717) is 30.6 Å². The first-order chi connectivity index (χ1) is 8.74. The van der Waals surface area contributed by atoms with E-state index < -0.39 is 0 Å². The molecular weight excluding hydrogens is 248 g/mol. The number of nitrogens with one attached hydrogen (secondary N) is 1. The van der Waals surface area contributed by atoms with Crippen molar-refractivity contribution in [3.63, 3.8) is 0 Å². The zero-order chi connectivity index (χ0) is 13.4. The molecule has 5 heteroatoms. The smallest absolute Gasteiger partial charge is 0.157 e. The van der Waals surface area contributed by atoms with E-state index in [0.717, 1.165) is 5.69 Å². The molecule has 18 heavy (non-hydrogen) atoms. The van der Waals surface area contributed by atoms with E-state index in [2.05, 4.69) is 35.0 Å². The normalized spacial score (nSPS) is 9.61. The fourth-order valence-corrected chi connectivity index (χ4v) is 1.76. The first kappa shape index (κ1) is 14.3. The van der Waals surface area contributed by atoms with Crippen molar-refractivity contribution in [3.8, 4) is 0 Å². The number of halogens is 1. The molecule has 0 aliphatic heterocycles. The van der Waals surface area contributed by atoms with Crippen LogP contribution in [0.15, 0.2) is 44.3 Å². The van der Waals surface area contributed by atoms with Crippen LogP contribution in [0.2, 0.25) is 5.15 Å². The molecule has 0 fully saturated rings. The molecule has 0 aliphatic carbocycles. The second kappa shape index (κ2) is 7.50. The van der Waals surface area contributed by atoms with Gasteiger partial charge in [0, 0.05) is 19.6 Å². The Morgan fingerprint density at radius 1 is 1.17 bits per heavy atom. The van der Waals surface area contributed by atoms with Crippen LogP contribution in [0.4, 0.5) is 11.5 Å². The number of hydrogen-bond acceptors (Lipinski definition) is 4. The molecule has 0 bridgehead atoms. The largest absolute Gasteiger partial charge is 0.365 e. The second-order valence-electron chi connectivity index (χ2n) is 3.51. The van der Waals surface area contributed by atoms with Crippen LogP contribution in [0.5, 0.6) is 0 Å². The molecule has 0 spiro atoms. The van der Waals surface area contributed by atoms with Crippen molar-refractivity contribution < 1.29 is 0 Å². The summed E-state index contributed by atoms with van der Waals surface area (Å²) < 4.78 is 0. The van der Waals surface area contributed by atoms with E-state index in [9.17, 15) is 0 Å². The first-order valence-corrected chi connectivity index (χ1v) is 5.94. The van der Waals surface area contributed by atoms with Gasteiger partial charge in [-0.2, -0.15) is 0 Å². The summed E-state index contributed by atoms with van der Waals surface area (Å²) in [6, 6.07) is 0. The third-order valence-electron chi connectivity index (χ3n) is 2.21. The van der Waals surface area contributed by atoms with E-state index in [1.807, 2.05) is 4.90 Å². The van der Waals surface area contributed by atoms with Crippen molar-refractivity contribution in [1.82, 2.24) is 9.97 Å². The van der Waals surface area contributed by atoms with Gasteiger partial charge in [0.25, 0.3) is 0 Å². The fourth-order valence-electron chi connectivity index (χ4n) is 1.50. The summed E-state index contributed by atoms with van der Waals surface area (Å²) in [5.41, 5.74) is 0.751. The Morgan fingerprint density at radius 2 is 1.83 bits per heavy atom. The Bertz CT molecular complexity index is 421. The number of rotatable bonds is 8. The molecule has 0 aliphatic rings. The number of hydrogen-bond donors (Lipinski definition) is 1. The highest BCUT2D eigenvalue weighted by Gasteiger charge is 2.15. The van der Waals surface area contributed by atoms with Crippen molar-refractivity contribution in [2.45, 2.75) is 0 Å². The molecule has 0 aromatic carbocycles. The average molecular weight is 265 g/mol. The summed E-state index contributed by atoms with van der Waals surface area (Å²) in [6.07, 6.45) is 6.77. The lowest BCUT2D eigenvalue weighted by atomic mass is 10.3. The lowest BCUT2D eigenvalue weighted by Gasteiger charge is -2.24. The average Bonchev–Trinajstić information content (AvgIpc) is 2.36. The molecule has 1 aromatic rings. The molecule has 0 atom stereocenters. The maximum absolute atomic E-state index is 6.15. The molecule has 0 saturated heterocycles. The van der Waals surface area contributed by atoms with Gasteiger partial charge in [-0.25, -0.2) is 9.97 Å². The summed E-state index contributed by atoms with van der Waals surface area (Å²) in [5, 5.41) is 3.54. The molecule has 0 amide bonds. The van der Waals surface area contributed by atoms with Crippen molar-refractivity contribution in [3.05, 3.63) is 49.4 Å². The van der Waals surface area contributed by atoms with Crippen LogP contribution in [0.1, 0.15) is 0 Å². The van der Waals surface area contributed by atoms with Gasteiger partial charge in [-0.05, 0) is 0 Å². The lowest BCUT2D eigenvalue weighted by molar-refractivity contribution is 0.938. The summed E-state index contributed by atoms with van der Waals surface area (Å²) in [4.78, 5) is 10.2. The molecule has 0 unspecified atom stereocenters. The van der Waals surface area contributed by atoms with Crippen LogP contribution in [0.25, 0.3) is 0 Å². The van der Waals surface area contributed by atoms with Gasteiger partial charge >= 0.3 is 0 Å². The maximum atomic E-state index is 6.15. The maximum Gasteiger partial charge on any atom is 0.157 e. The van der Waals surface area contributed by atoms with E-state index in [1.165, 1.54) is 6.33 Å². The SMILES string of the molecule is C=CCNc1ncnc(Cl)c1N(CC=C)CC=C. The van der Waals surface area contributed by atoms with Crippen LogP contribution in [-0.4, -0.2) is 29.6 Å². The van der Waals surface area contributed by atoms with Gasteiger partial charge in [-0.15, -0.1) is 19.7 Å². The molecular formula is C13H17ClN4. The van der Waals surface area contributed by atoms with E-state index >= 15 is 0 Å². The first-order valence-electron chi connectivity index (χ1n) is 5.56. The van der Waals surface area contributed by atoms with E-state index in [4.69, 9.17) is 11.6 Å². The molecule has 0 saturated carbocycles. The van der Waals surface area contributed by atoms with Gasteiger partial charge in [0.05, 0.1) is 0 Å². The molecule has 1 heterocycles. The highest BCUT2D eigenvalue weighted by molar-refractivity contribution is 6.32. The summed E-state index contributed by atoms with van der Waals surface area (Å²) in [6.45, 7) is 13.0. The van der Waals surface area contributed by atoms with Gasteiger partial charge in [0.1, 0.15) is 12.0 Å². The highest BCUT2D eigenvalue weighted by Crippen LogP contribution is 2.30. The van der Waals surface area contributed by atoms with Crippen LogP contribution in [0.3, 0.4) is 0 Å². The molecule has 1 rings (SSSR count). The van der Waals surface area contributed by atoms with Gasteiger partial charge in [0.2, 0.25) is 0 Å². The van der Waals surface area contributed by atoms with Crippen LogP contribution in [0, 0.1) is 0 Å². The van der Waals surface area contributed by atoms with Gasteiger partial charge in [0.15, 0.2) is 11.0 Å². The van der Waals surface area contributed by atoms with Crippen molar-refractivity contribution >= 4 is 23.1 Å². The predicted molar refractivity (Wildman–Crippen MR) is 78.3 cm³/mol. The quantitative estimate of drug-likeness (QED) is 0.579. The third-order valence-corrected chi connectivity index (χ3v) is 2.48. The standard InChI is InChI=1S/C13H17ClN4/c1-4-7-15-13-11(12(14)16-10-17-13)18(8-5-2)9-6-3/h4-6,10H,1-3,7-9H2,(H,15,16,17). The van der Waals surface area contributed by atoms with Gasteiger partial charge < -0.3 is 10.2 Å². The van der Waals surface area contributed by atoms with Crippen molar-refractivity contribution in [2.75, 3.05) is 29.9 Å². The van der Waals surface area contributed by atoms with Crippen molar-refractivity contribution in [1.29, 1.82) is 0 Å². The number of anilines is 2. The Balaban J connectivity index is 3.11. The topological polar surface area (TPSA) is 41.1 Å². The van der Waals surface area contributed by atoms with Crippen LogP contribution in [-0.2, 0) is 0 Å². The summed E-state index contributed by atoms with van der Waals surface area (Å²) in [5.74, 6) is 0.679. The second-order valence-corrected chi connectivity index (χ2v) is 3.87. The highest BCUT2D eigenvalue weighted by atomic mass is 35.5. The fraction of sp³-hybridized carbons (Fsp3) is 0.231. The van der Waals surface area contributed by atoms with Crippen LogP contribution < -0.4 is 10.2 Å². The Kier molecular flexibility index (Phi) is 5.94. The minimum Gasteiger partial charge on any atom is -0.365 e. The molecule has 4 nitrogen and oxygen atoms in total. The number of aromatic nitrogens is 2. The summed E-state index contributed by atoms with van der Waals surface area (Å²) in [7, 11) is 0. The lowest BCUT2D eigenvalue weighted by Crippen LogP contribution is -2.25. The van der Waals surface area contributed by atoms with Crippen molar-refractivity contribution in [2.24, 2.45) is 0 Å². The van der Waals surface area contributed by atoms with Gasteiger partial charge in [-0.3, -0.25) is 0 Å². The monoisotopic (exact) mass is 264 g/mol. The third kappa shape index (κ3) is 3.60. The Hall–Kier alpha value is -1.81. The van der Waals surface area contributed by atoms with E-state index in [-0.39, 0.29) is 0 Å². The zero-order valence-corrected chi connectivity index (χ0v) is 11.0. The minimum atomic E-state index is 0.403. The molecule has 0 radical (unpaired) electrons. The Morgan fingerprint density at radius 3 is 2.39 bits per heavy atom. The molecule has 1 aromatic heterocycles. The van der Waals surface area contributed by atoms with Gasteiger partial charge in [-0.1, -0.05) is 29.8 Å². The van der Waals surface area contributed by atoms with Crippen LogP contribution >= 0.6 is 11.6 Å². The molecule has 96 valence electrons. The predicted octanol–water partition coefficient (Wildman–Crippen LogP) is 2.91. The number of nitrogens with zero attached hydrogens (tertiary/aromatic N) is 3. The van der Waals surface area contributed by atoms with E-state index in [1.54, 1.807) is 18.2 Å². The minimum absolute atomic E-state index is 0.403. The summed E-state index contributed by atoms with van der Waals surface area (Å²) >= 11 is 6.15.